The van der Waals surface area contributed by atoms with Crippen LogP contribution in [0.4, 0.5) is 5.69 Å². The molecule has 1 aliphatic rings. The topological polar surface area (TPSA) is 89.3 Å². The Labute approximate surface area is 118 Å². The van der Waals surface area contributed by atoms with Crippen LogP contribution in [0.5, 0.6) is 0 Å². The maximum Gasteiger partial charge on any atom is 0.283 e. The Bertz CT molecular complexity index is 561. The summed E-state index contributed by atoms with van der Waals surface area (Å²) in [5.41, 5.74) is 0.451. The van der Waals surface area contributed by atoms with Gasteiger partial charge < -0.3 is 0 Å². The Morgan fingerprint density at radius 2 is 1.94 bits per heavy atom. The Kier molecular flexibility index (Phi) is 3.49. The molecule has 0 bridgehead atoms. The molecule has 18 heavy (non-hydrogen) atoms. The first-order valence-corrected chi connectivity index (χ1v) is 6.55. The molecule has 1 heterocycles. The van der Waals surface area contributed by atoms with Crippen LogP contribution in [-0.2, 0) is 9.59 Å². The molecule has 2 unspecified atom stereocenters. The highest BCUT2D eigenvalue weighted by molar-refractivity contribution is 9.10. The van der Waals surface area contributed by atoms with Crippen molar-refractivity contribution >= 4 is 49.4 Å². The fourth-order valence-electron chi connectivity index (χ4n) is 1.74. The highest BCUT2D eigenvalue weighted by Crippen LogP contribution is 2.34. The van der Waals surface area contributed by atoms with Gasteiger partial charge >= 0.3 is 0 Å². The van der Waals surface area contributed by atoms with Gasteiger partial charge in [-0.15, -0.1) is 0 Å². The van der Waals surface area contributed by atoms with Crippen LogP contribution in [0.3, 0.4) is 0 Å². The molecule has 1 aliphatic heterocycles. The van der Waals surface area contributed by atoms with Crippen molar-refractivity contribution in [1.29, 1.82) is 0 Å². The first-order chi connectivity index (χ1) is 8.41. The smallest absolute Gasteiger partial charge is 0.283 e. The number of carbonyl (C=O) groups excluding carboxylic acids is 2. The predicted octanol–water partition coefficient (Wildman–Crippen LogP) is 1.86. The number of hydrogen-bond donors (Lipinski definition) is 1. The molecule has 1 N–H and O–H groups in total. The van der Waals surface area contributed by atoms with E-state index in [0.717, 1.165) is 0 Å². The number of amides is 2. The molecule has 94 valence electrons. The van der Waals surface area contributed by atoms with Crippen LogP contribution in [0.15, 0.2) is 22.7 Å². The van der Waals surface area contributed by atoms with E-state index in [1.54, 1.807) is 0 Å². The van der Waals surface area contributed by atoms with Crippen LogP contribution in [0.2, 0.25) is 0 Å². The molecule has 0 aliphatic carbocycles. The van der Waals surface area contributed by atoms with Crippen LogP contribution in [-0.4, -0.2) is 21.6 Å². The third-order valence-electron chi connectivity index (χ3n) is 2.60. The van der Waals surface area contributed by atoms with E-state index in [4.69, 9.17) is 0 Å². The van der Waals surface area contributed by atoms with Gasteiger partial charge in [0.15, 0.2) is 0 Å². The number of rotatable bonds is 2. The zero-order chi connectivity index (χ0) is 13.4. The van der Waals surface area contributed by atoms with E-state index in [2.05, 4.69) is 37.2 Å². The molecule has 1 aromatic carbocycles. The minimum atomic E-state index is -0.672. The molecule has 8 heteroatoms. The number of carbonyl (C=O) groups is 2. The molecule has 1 aromatic rings. The number of hydrogen-bond acceptors (Lipinski definition) is 4. The number of nitro benzene ring substituents is 1. The normalized spacial score (nSPS) is 23.0. The number of benzene rings is 1. The van der Waals surface area contributed by atoms with Crippen LogP contribution < -0.4 is 5.32 Å². The highest BCUT2D eigenvalue weighted by atomic mass is 79.9. The summed E-state index contributed by atoms with van der Waals surface area (Å²) >= 11 is 6.21. The quantitative estimate of drug-likeness (QED) is 0.368. The van der Waals surface area contributed by atoms with Gasteiger partial charge in [-0.05, 0) is 27.6 Å². The lowest BCUT2D eigenvalue weighted by Crippen LogP contribution is -2.22. The van der Waals surface area contributed by atoms with Gasteiger partial charge in [0.2, 0.25) is 11.8 Å². The summed E-state index contributed by atoms with van der Waals surface area (Å²) < 4.78 is 0.275. The van der Waals surface area contributed by atoms with Gasteiger partial charge in [0.05, 0.1) is 15.3 Å². The summed E-state index contributed by atoms with van der Waals surface area (Å²) in [6.45, 7) is 0. The van der Waals surface area contributed by atoms with E-state index >= 15 is 0 Å². The van der Waals surface area contributed by atoms with Crippen molar-refractivity contribution in [2.75, 3.05) is 0 Å². The van der Waals surface area contributed by atoms with Crippen LogP contribution >= 0.6 is 31.9 Å². The summed E-state index contributed by atoms with van der Waals surface area (Å²) in [7, 11) is 0. The number of imide groups is 1. The van der Waals surface area contributed by atoms with Crippen LogP contribution in [0.25, 0.3) is 0 Å². The standard InChI is InChI=1S/C10H6Br2N2O4/c11-5-3-4(1-2-6(5)14(17)18)7-8(12)10(16)13-9(7)15/h1-3,7-8H,(H,13,15,16). The van der Waals surface area contributed by atoms with E-state index in [1.165, 1.54) is 18.2 Å². The molecule has 2 amide bonds. The highest BCUT2D eigenvalue weighted by Gasteiger charge is 2.41. The molecule has 1 fully saturated rings. The Balaban J connectivity index is 2.41. The lowest BCUT2D eigenvalue weighted by molar-refractivity contribution is -0.385. The largest absolute Gasteiger partial charge is 0.295 e. The molecule has 0 radical (unpaired) electrons. The Hall–Kier alpha value is -1.28. The van der Waals surface area contributed by atoms with Gasteiger partial charge in [0.1, 0.15) is 4.83 Å². The van der Waals surface area contributed by atoms with Crippen LogP contribution in [0.1, 0.15) is 11.5 Å². The SMILES string of the molecule is O=C1NC(=O)C(c2ccc([N+](=O)[O-])c(Br)c2)C1Br. The van der Waals surface area contributed by atoms with Crippen molar-refractivity contribution in [3.05, 3.63) is 38.3 Å². The molecular formula is C10H6Br2N2O4. The average molecular weight is 378 g/mol. The molecule has 0 aromatic heterocycles. The lowest BCUT2D eigenvalue weighted by atomic mass is 9.97. The molecule has 6 nitrogen and oxygen atoms in total. The van der Waals surface area contributed by atoms with Gasteiger partial charge in [0.25, 0.3) is 5.69 Å². The number of nitrogens with one attached hydrogen (secondary N) is 1. The summed E-state index contributed by atoms with van der Waals surface area (Å²) in [5.74, 6) is -1.49. The third-order valence-corrected chi connectivity index (χ3v) is 4.18. The maximum absolute atomic E-state index is 11.6. The van der Waals surface area contributed by atoms with Gasteiger partial charge in [-0.1, -0.05) is 22.0 Å². The second-order valence-corrected chi connectivity index (χ2v) is 5.54. The molecule has 1 saturated heterocycles. The van der Waals surface area contributed by atoms with Crippen molar-refractivity contribution in [3.63, 3.8) is 0 Å². The zero-order valence-electron chi connectivity index (χ0n) is 8.72. The maximum atomic E-state index is 11.6. The van der Waals surface area contributed by atoms with Crippen molar-refractivity contribution in [3.8, 4) is 0 Å². The fraction of sp³-hybridized carbons (Fsp3) is 0.200. The number of halogens is 2. The van der Waals surface area contributed by atoms with Crippen molar-refractivity contribution in [2.24, 2.45) is 0 Å². The van der Waals surface area contributed by atoms with Gasteiger partial charge in [0, 0.05) is 6.07 Å². The molecule has 2 atom stereocenters. The van der Waals surface area contributed by atoms with Gasteiger partial charge in [-0.3, -0.25) is 25.0 Å². The summed E-state index contributed by atoms with van der Waals surface area (Å²) in [4.78, 5) is 32.4. The minimum Gasteiger partial charge on any atom is -0.295 e. The molecule has 0 spiro atoms. The zero-order valence-corrected chi connectivity index (χ0v) is 11.9. The van der Waals surface area contributed by atoms with Gasteiger partial charge in [-0.2, -0.15) is 0 Å². The lowest BCUT2D eigenvalue weighted by Gasteiger charge is -2.10. The minimum absolute atomic E-state index is 0.0883. The summed E-state index contributed by atoms with van der Waals surface area (Å²) in [6.07, 6.45) is 0. The summed E-state index contributed by atoms with van der Waals surface area (Å²) in [5, 5.41) is 12.9. The molecule has 0 saturated carbocycles. The number of alkyl halides is 1. The van der Waals surface area contributed by atoms with Gasteiger partial charge in [-0.25, -0.2) is 0 Å². The predicted molar refractivity (Wildman–Crippen MR) is 69.4 cm³/mol. The monoisotopic (exact) mass is 376 g/mol. The molecular weight excluding hydrogens is 372 g/mol. The van der Waals surface area contributed by atoms with E-state index in [0.29, 0.717) is 5.56 Å². The second-order valence-electron chi connectivity index (χ2n) is 3.70. The molecule has 2 rings (SSSR count). The van der Waals surface area contributed by atoms with Crippen molar-refractivity contribution < 1.29 is 14.5 Å². The van der Waals surface area contributed by atoms with E-state index in [1.807, 2.05) is 0 Å². The Morgan fingerprint density at radius 3 is 2.39 bits per heavy atom. The third kappa shape index (κ3) is 2.17. The second kappa shape index (κ2) is 4.77. The van der Waals surface area contributed by atoms with Crippen molar-refractivity contribution in [2.45, 2.75) is 10.7 Å². The van der Waals surface area contributed by atoms with E-state index in [9.17, 15) is 19.7 Å². The Morgan fingerprint density at radius 1 is 1.28 bits per heavy atom. The summed E-state index contributed by atoms with van der Waals surface area (Å²) in [6, 6.07) is 4.25. The number of nitrogens with zero attached hydrogens (tertiary/aromatic N) is 1. The number of nitro groups is 1. The van der Waals surface area contributed by atoms with E-state index in [-0.39, 0.29) is 10.2 Å². The van der Waals surface area contributed by atoms with Crippen molar-refractivity contribution in [1.82, 2.24) is 5.32 Å². The first kappa shape index (κ1) is 13.2. The average Bonchev–Trinajstić information content (AvgIpc) is 2.52. The van der Waals surface area contributed by atoms with E-state index < -0.39 is 27.5 Å². The van der Waals surface area contributed by atoms with Crippen LogP contribution in [0, 0.1) is 10.1 Å². The fourth-order valence-corrected chi connectivity index (χ4v) is 2.94. The first-order valence-electron chi connectivity index (χ1n) is 4.84.